The Balaban J connectivity index is 2.28. The molecule has 0 aliphatic heterocycles. The largest absolute Gasteiger partial charge is 0.361 e. The van der Waals surface area contributed by atoms with Gasteiger partial charge in [-0.1, -0.05) is 5.16 Å². The van der Waals surface area contributed by atoms with Gasteiger partial charge in [-0.05, 0) is 43.7 Å². The molecule has 0 atom stereocenters. The highest BCUT2D eigenvalue weighted by molar-refractivity contribution is 7.89. The molecule has 3 N–H and O–H groups in total. The van der Waals surface area contributed by atoms with Crippen molar-refractivity contribution in [2.24, 2.45) is 5.73 Å². The average Bonchev–Trinajstić information content (AvgIpc) is 2.90. The number of hydrogen-bond acceptors (Lipinski definition) is 6. The first-order valence-electron chi connectivity index (χ1n) is 7.46. The van der Waals surface area contributed by atoms with Gasteiger partial charge in [0.25, 0.3) is 0 Å². The van der Waals surface area contributed by atoms with E-state index >= 15 is 0 Å². The topological polar surface area (TPSA) is 111 Å². The van der Waals surface area contributed by atoms with Crippen LogP contribution in [0.2, 0.25) is 0 Å². The third kappa shape index (κ3) is 2.91. The molecule has 0 aliphatic rings. The zero-order valence-electron chi connectivity index (χ0n) is 13.4. The van der Waals surface area contributed by atoms with Crippen LogP contribution in [0.15, 0.2) is 39.9 Å². The molecule has 0 amide bonds. The number of aryl methyl sites for hydroxylation is 2. The molecule has 2 aromatic heterocycles. The van der Waals surface area contributed by atoms with Gasteiger partial charge in [-0.25, -0.2) is 13.1 Å². The van der Waals surface area contributed by atoms with Gasteiger partial charge in [0.2, 0.25) is 10.0 Å². The fourth-order valence-electron chi connectivity index (χ4n) is 2.68. The van der Waals surface area contributed by atoms with Gasteiger partial charge in [-0.3, -0.25) is 4.98 Å². The van der Waals surface area contributed by atoms with Gasteiger partial charge < -0.3 is 10.3 Å². The van der Waals surface area contributed by atoms with Crippen LogP contribution < -0.4 is 10.5 Å². The fraction of sp³-hybridized carbons (Fsp3) is 0.250. The zero-order chi connectivity index (χ0) is 17.3. The number of nitrogens with two attached hydrogens (primary N) is 1. The molecule has 0 spiro atoms. The van der Waals surface area contributed by atoms with Crippen molar-refractivity contribution < 1.29 is 12.9 Å². The van der Waals surface area contributed by atoms with E-state index in [2.05, 4.69) is 14.9 Å². The Kier molecular flexibility index (Phi) is 4.35. The Hall–Kier alpha value is -2.29. The lowest BCUT2D eigenvalue weighted by molar-refractivity contribution is 0.393. The molecule has 0 radical (unpaired) electrons. The summed E-state index contributed by atoms with van der Waals surface area (Å²) in [5.41, 5.74) is 8.17. The van der Waals surface area contributed by atoms with Crippen molar-refractivity contribution in [2.75, 3.05) is 13.1 Å². The Bertz CT molecular complexity index is 976. The van der Waals surface area contributed by atoms with Crippen LogP contribution >= 0.6 is 0 Å². The van der Waals surface area contributed by atoms with Gasteiger partial charge in [-0.2, -0.15) is 0 Å². The van der Waals surface area contributed by atoms with E-state index in [4.69, 9.17) is 10.3 Å². The number of aromatic nitrogens is 2. The summed E-state index contributed by atoms with van der Waals surface area (Å²) in [5.74, 6) is 0.626. The number of rotatable bonds is 5. The maximum Gasteiger partial charge on any atom is 0.241 e. The van der Waals surface area contributed by atoms with Crippen LogP contribution in [0, 0.1) is 13.8 Å². The molecule has 24 heavy (non-hydrogen) atoms. The van der Waals surface area contributed by atoms with Gasteiger partial charge >= 0.3 is 0 Å². The van der Waals surface area contributed by atoms with Crippen molar-refractivity contribution in [3.63, 3.8) is 0 Å². The summed E-state index contributed by atoms with van der Waals surface area (Å²) in [6.07, 6.45) is 1.63. The van der Waals surface area contributed by atoms with Crippen molar-refractivity contribution in [3.05, 3.63) is 41.9 Å². The second kappa shape index (κ2) is 6.31. The molecule has 0 saturated carbocycles. The zero-order valence-corrected chi connectivity index (χ0v) is 14.2. The number of benzene rings is 1. The minimum Gasteiger partial charge on any atom is -0.361 e. The molecule has 0 bridgehead atoms. The minimum absolute atomic E-state index is 0.163. The molecule has 3 rings (SSSR count). The molecule has 0 aliphatic carbocycles. The monoisotopic (exact) mass is 346 g/mol. The summed E-state index contributed by atoms with van der Waals surface area (Å²) < 4.78 is 33.0. The molecule has 0 saturated heterocycles. The van der Waals surface area contributed by atoms with Gasteiger partial charge in [0.15, 0.2) is 0 Å². The molecule has 0 fully saturated rings. The van der Waals surface area contributed by atoms with Crippen LogP contribution in [0.3, 0.4) is 0 Å². The first-order chi connectivity index (χ1) is 11.4. The molecule has 126 valence electrons. The molecule has 3 aromatic rings. The third-order valence-corrected chi connectivity index (χ3v) is 5.23. The van der Waals surface area contributed by atoms with Gasteiger partial charge in [0.1, 0.15) is 5.76 Å². The van der Waals surface area contributed by atoms with Crippen LogP contribution in [-0.2, 0) is 10.0 Å². The number of nitrogens with one attached hydrogen (secondary N) is 1. The van der Waals surface area contributed by atoms with Crippen LogP contribution in [-0.4, -0.2) is 31.6 Å². The molecule has 7 nitrogen and oxygen atoms in total. The summed E-state index contributed by atoms with van der Waals surface area (Å²) in [6, 6.07) is 6.90. The Labute approximate surface area is 139 Å². The minimum atomic E-state index is -3.71. The fourth-order valence-corrected chi connectivity index (χ4v) is 3.97. The molecule has 8 heteroatoms. The number of hydrogen-bond donors (Lipinski definition) is 2. The van der Waals surface area contributed by atoms with Crippen LogP contribution in [0.5, 0.6) is 0 Å². The standard InChI is InChI=1S/C16H18N4O3S/c1-10-16(11(2)23-20-10)12-8-14-13(4-3-6-18-14)15(9-12)24(21,22)19-7-5-17/h3-4,6,8-9,19H,5,7,17H2,1-2H3. The maximum absolute atomic E-state index is 12.7. The highest BCUT2D eigenvalue weighted by atomic mass is 32.2. The Morgan fingerprint density at radius 1 is 1.29 bits per heavy atom. The summed E-state index contributed by atoms with van der Waals surface area (Å²) in [7, 11) is -3.71. The third-order valence-electron chi connectivity index (χ3n) is 3.73. The van der Waals surface area contributed by atoms with Crippen LogP contribution in [0.4, 0.5) is 0 Å². The number of fused-ring (bicyclic) bond motifs is 1. The second-order valence-corrected chi connectivity index (χ2v) is 7.17. The first kappa shape index (κ1) is 16.6. The molecule has 1 aromatic carbocycles. The van der Waals surface area contributed by atoms with Crippen molar-refractivity contribution in [3.8, 4) is 11.1 Å². The highest BCUT2D eigenvalue weighted by Gasteiger charge is 2.21. The highest BCUT2D eigenvalue weighted by Crippen LogP contribution is 2.32. The number of nitrogens with zero attached hydrogens (tertiary/aromatic N) is 2. The lowest BCUT2D eigenvalue weighted by Gasteiger charge is -2.11. The van der Waals surface area contributed by atoms with Crippen molar-refractivity contribution in [2.45, 2.75) is 18.7 Å². The lowest BCUT2D eigenvalue weighted by Crippen LogP contribution is -2.29. The number of pyridine rings is 1. The van der Waals surface area contributed by atoms with Crippen LogP contribution in [0.1, 0.15) is 11.5 Å². The van der Waals surface area contributed by atoms with Gasteiger partial charge in [-0.15, -0.1) is 0 Å². The normalized spacial score (nSPS) is 12.0. The van der Waals surface area contributed by atoms with E-state index in [1.807, 2.05) is 13.0 Å². The van der Waals surface area contributed by atoms with Crippen LogP contribution in [0.25, 0.3) is 22.0 Å². The lowest BCUT2D eigenvalue weighted by atomic mass is 10.0. The summed E-state index contributed by atoms with van der Waals surface area (Å²) >= 11 is 0. The van der Waals surface area contributed by atoms with E-state index in [1.165, 1.54) is 0 Å². The van der Waals surface area contributed by atoms with Crippen molar-refractivity contribution in [1.82, 2.24) is 14.9 Å². The van der Waals surface area contributed by atoms with Gasteiger partial charge in [0, 0.05) is 30.2 Å². The summed E-state index contributed by atoms with van der Waals surface area (Å²) in [5, 5.41) is 4.49. The molecule has 0 unspecified atom stereocenters. The second-order valence-electron chi connectivity index (χ2n) is 5.43. The predicted molar refractivity (Wildman–Crippen MR) is 91.0 cm³/mol. The molecule has 2 heterocycles. The van der Waals surface area contributed by atoms with E-state index in [0.29, 0.717) is 27.9 Å². The van der Waals surface area contributed by atoms with E-state index < -0.39 is 10.0 Å². The Morgan fingerprint density at radius 2 is 2.08 bits per heavy atom. The number of sulfonamides is 1. The smallest absolute Gasteiger partial charge is 0.241 e. The quantitative estimate of drug-likeness (QED) is 0.728. The van der Waals surface area contributed by atoms with E-state index in [1.54, 1.807) is 31.3 Å². The first-order valence-corrected chi connectivity index (χ1v) is 8.94. The van der Waals surface area contributed by atoms with E-state index in [-0.39, 0.29) is 18.0 Å². The molecular formula is C16H18N4O3S. The maximum atomic E-state index is 12.7. The van der Waals surface area contributed by atoms with E-state index in [0.717, 1.165) is 5.56 Å². The van der Waals surface area contributed by atoms with E-state index in [9.17, 15) is 8.42 Å². The van der Waals surface area contributed by atoms with Crippen molar-refractivity contribution >= 4 is 20.9 Å². The Morgan fingerprint density at radius 3 is 2.75 bits per heavy atom. The SMILES string of the molecule is Cc1noc(C)c1-c1cc(S(=O)(=O)NCCN)c2cccnc2c1. The van der Waals surface area contributed by atoms with Crippen molar-refractivity contribution in [1.29, 1.82) is 0 Å². The predicted octanol–water partition coefficient (Wildman–Crippen LogP) is 1.74. The summed E-state index contributed by atoms with van der Waals surface area (Å²) in [6.45, 7) is 3.99. The average molecular weight is 346 g/mol. The summed E-state index contributed by atoms with van der Waals surface area (Å²) in [4.78, 5) is 4.46. The van der Waals surface area contributed by atoms with Gasteiger partial charge in [0.05, 0.1) is 16.1 Å². The molecular weight excluding hydrogens is 328 g/mol.